The zero-order chi connectivity index (χ0) is 14.8. The highest BCUT2D eigenvalue weighted by Gasteiger charge is 2.34. The van der Waals surface area contributed by atoms with Crippen LogP contribution in [-0.2, 0) is 9.53 Å². The highest BCUT2D eigenvalue weighted by Crippen LogP contribution is 2.21. The molecule has 0 spiro atoms. The van der Waals surface area contributed by atoms with Crippen molar-refractivity contribution >= 4 is 17.7 Å². The van der Waals surface area contributed by atoms with Crippen molar-refractivity contribution in [1.82, 2.24) is 10.2 Å². The van der Waals surface area contributed by atoms with Crippen LogP contribution < -0.4 is 5.32 Å². The molecule has 3 amide bonds. The van der Waals surface area contributed by atoms with Gasteiger partial charge in [0.2, 0.25) is 5.91 Å². The minimum Gasteiger partial charge on any atom is -0.368 e. The van der Waals surface area contributed by atoms with Crippen LogP contribution in [-0.4, -0.2) is 48.4 Å². The molecule has 6 nitrogen and oxygen atoms in total. The van der Waals surface area contributed by atoms with Crippen molar-refractivity contribution in [2.45, 2.75) is 18.9 Å². The van der Waals surface area contributed by atoms with Crippen LogP contribution in [0.1, 0.15) is 33.6 Å². The van der Waals surface area contributed by atoms with Gasteiger partial charge >= 0.3 is 0 Å². The average molecular weight is 288 g/mol. The molecule has 3 rings (SSSR count). The van der Waals surface area contributed by atoms with Gasteiger partial charge in [-0.1, -0.05) is 12.1 Å². The Morgan fingerprint density at radius 1 is 1.24 bits per heavy atom. The van der Waals surface area contributed by atoms with E-state index in [1.54, 1.807) is 24.3 Å². The number of nitrogens with zero attached hydrogens (tertiary/aromatic N) is 1. The highest BCUT2D eigenvalue weighted by molar-refractivity contribution is 6.21. The Morgan fingerprint density at radius 3 is 2.48 bits per heavy atom. The Kier molecular flexibility index (Phi) is 3.70. The van der Waals surface area contributed by atoms with Gasteiger partial charge in [0.05, 0.1) is 11.1 Å². The molecule has 2 aliphatic heterocycles. The standard InChI is InChI=1S/C15H16N2O4/c18-13(12-6-3-9-21-12)16-7-8-17-14(19)10-4-1-2-5-11(10)15(17)20/h1-2,4-5,12H,3,6-9H2,(H,16,18)/t12-/m1/s1. The molecule has 1 N–H and O–H groups in total. The van der Waals surface area contributed by atoms with Crippen molar-refractivity contribution in [1.29, 1.82) is 0 Å². The van der Waals surface area contributed by atoms with Crippen LogP contribution in [0.25, 0.3) is 0 Å². The first kappa shape index (κ1) is 13.8. The maximum atomic E-state index is 12.1. The maximum Gasteiger partial charge on any atom is 0.261 e. The third-order valence-electron chi connectivity index (χ3n) is 3.73. The fourth-order valence-electron chi connectivity index (χ4n) is 2.63. The van der Waals surface area contributed by atoms with Crippen molar-refractivity contribution < 1.29 is 19.1 Å². The molecule has 2 heterocycles. The third kappa shape index (κ3) is 2.54. The van der Waals surface area contributed by atoms with Crippen LogP contribution in [0.5, 0.6) is 0 Å². The summed E-state index contributed by atoms with van der Waals surface area (Å²) in [6.07, 6.45) is 1.21. The van der Waals surface area contributed by atoms with E-state index in [0.29, 0.717) is 17.7 Å². The molecule has 2 aliphatic rings. The predicted octanol–water partition coefficient (Wildman–Crippen LogP) is 0.578. The van der Waals surface area contributed by atoms with Gasteiger partial charge in [0, 0.05) is 19.7 Å². The van der Waals surface area contributed by atoms with E-state index in [-0.39, 0.29) is 30.8 Å². The molecule has 1 saturated heterocycles. The van der Waals surface area contributed by atoms with E-state index in [1.165, 1.54) is 4.90 Å². The molecule has 0 aromatic heterocycles. The van der Waals surface area contributed by atoms with E-state index in [2.05, 4.69) is 5.32 Å². The Hall–Kier alpha value is -2.21. The Bertz CT molecular complexity index is 558. The SMILES string of the molecule is O=C(NCCN1C(=O)c2ccccc2C1=O)[C@H]1CCCO1. The Balaban J connectivity index is 1.56. The van der Waals surface area contributed by atoms with Crippen LogP contribution in [0.15, 0.2) is 24.3 Å². The Morgan fingerprint density at radius 2 is 1.90 bits per heavy atom. The second-order valence-corrected chi connectivity index (χ2v) is 5.10. The van der Waals surface area contributed by atoms with Gasteiger partial charge in [-0.3, -0.25) is 19.3 Å². The number of rotatable bonds is 4. The van der Waals surface area contributed by atoms with Crippen LogP contribution >= 0.6 is 0 Å². The van der Waals surface area contributed by atoms with Gasteiger partial charge in [-0.2, -0.15) is 0 Å². The second-order valence-electron chi connectivity index (χ2n) is 5.10. The topological polar surface area (TPSA) is 75.7 Å². The van der Waals surface area contributed by atoms with Crippen molar-refractivity contribution in [3.05, 3.63) is 35.4 Å². The van der Waals surface area contributed by atoms with Crippen molar-refractivity contribution in [2.24, 2.45) is 0 Å². The summed E-state index contributed by atoms with van der Waals surface area (Å²) in [6, 6.07) is 6.74. The highest BCUT2D eigenvalue weighted by atomic mass is 16.5. The van der Waals surface area contributed by atoms with Crippen molar-refractivity contribution in [3.63, 3.8) is 0 Å². The third-order valence-corrected chi connectivity index (χ3v) is 3.73. The van der Waals surface area contributed by atoms with E-state index in [0.717, 1.165) is 12.8 Å². The lowest BCUT2D eigenvalue weighted by atomic mass is 10.1. The van der Waals surface area contributed by atoms with Gasteiger partial charge in [-0.05, 0) is 25.0 Å². The minimum absolute atomic E-state index is 0.171. The lowest BCUT2D eigenvalue weighted by molar-refractivity contribution is -0.130. The molecule has 110 valence electrons. The van der Waals surface area contributed by atoms with Gasteiger partial charge in [0.15, 0.2) is 0 Å². The number of amides is 3. The molecular weight excluding hydrogens is 272 g/mol. The maximum absolute atomic E-state index is 12.1. The minimum atomic E-state index is -0.396. The van der Waals surface area contributed by atoms with Gasteiger partial charge in [0.25, 0.3) is 11.8 Å². The smallest absolute Gasteiger partial charge is 0.261 e. The Labute approximate surface area is 122 Å². The van der Waals surface area contributed by atoms with E-state index in [9.17, 15) is 14.4 Å². The van der Waals surface area contributed by atoms with Gasteiger partial charge in [0.1, 0.15) is 6.10 Å². The summed E-state index contributed by atoms with van der Waals surface area (Å²) in [5.74, 6) is -0.784. The summed E-state index contributed by atoms with van der Waals surface area (Å²) in [5, 5.41) is 2.71. The van der Waals surface area contributed by atoms with E-state index in [4.69, 9.17) is 4.74 Å². The molecule has 1 atom stereocenters. The van der Waals surface area contributed by atoms with Gasteiger partial charge < -0.3 is 10.1 Å². The quantitative estimate of drug-likeness (QED) is 0.822. The van der Waals surface area contributed by atoms with E-state index in [1.807, 2.05) is 0 Å². The molecule has 0 aliphatic carbocycles. The number of nitrogens with one attached hydrogen (secondary N) is 1. The number of carbonyl (C=O) groups excluding carboxylic acids is 3. The molecule has 1 fully saturated rings. The molecule has 1 aromatic carbocycles. The molecule has 0 saturated carbocycles. The predicted molar refractivity (Wildman–Crippen MR) is 73.8 cm³/mol. The molecule has 6 heteroatoms. The fraction of sp³-hybridized carbons (Fsp3) is 0.400. The summed E-state index contributed by atoms with van der Waals surface area (Å²) in [4.78, 5) is 37.2. The molecule has 0 unspecified atom stereocenters. The second kappa shape index (κ2) is 5.65. The molecule has 1 aromatic rings. The first-order valence-electron chi connectivity index (χ1n) is 7.03. The van der Waals surface area contributed by atoms with E-state index >= 15 is 0 Å². The summed E-state index contributed by atoms with van der Waals surface area (Å²) in [5.41, 5.74) is 0.848. The molecular formula is C15H16N2O4. The number of ether oxygens (including phenoxy) is 1. The number of imide groups is 1. The number of hydrogen-bond donors (Lipinski definition) is 1. The number of fused-ring (bicyclic) bond motifs is 1. The normalized spacial score (nSPS) is 20.8. The van der Waals surface area contributed by atoms with Crippen LogP contribution in [0.4, 0.5) is 0 Å². The first-order chi connectivity index (χ1) is 10.2. The van der Waals surface area contributed by atoms with Gasteiger partial charge in [-0.25, -0.2) is 0 Å². The average Bonchev–Trinajstić information content (AvgIpc) is 3.11. The number of carbonyl (C=O) groups is 3. The molecule has 21 heavy (non-hydrogen) atoms. The largest absolute Gasteiger partial charge is 0.368 e. The fourth-order valence-corrected chi connectivity index (χ4v) is 2.63. The molecule has 0 radical (unpaired) electrons. The lowest BCUT2D eigenvalue weighted by Gasteiger charge is -2.15. The van der Waals surface area contributed by atoms with E-state index < -0.39 is 6.10 Å². The molecule has 0 bridgehead atoms. The summed E-state index contributed by atoms with van der Waals surface area (Å²) < 4.78 is 5.27. The zero-order valence-electron chi connectivity index (χ0n) is 11.5. The first-order valence-corrected chi connectivity index (χ1v) is 7.03. The monoisotopic (exact) mass is 288 g/mol. The van der Waals surface area contributed by atoms with Crippen molar-refractivity contribution in [3.8, 4) is 0 Å². The van der Waals surface area contributed by atoms with Crippen LogP contribution in [0.3, 0.4) is 0 Å². The lowest BCUT2D eigenvalue weighted by Crippen LogP contribution is -2.41. The summed E-state index contributed by atoms with van der Waals surface area (Å²) in [6.45, 7) is 1.02. The van der Waals surface area contributed by atoms with Crippen molar-refractivity contribution in [2.75, 3.05) is 19.7 Å². The zero-order valence-corrected chi connectivity index (χ0v) is 11.5. The number of benzene rings is 1. The van der Waals surface area contributed by atoms with Gasteiger partial charge in [-0.15, -0.1) is 0 Å². The number of hydrogen-bond acceptors (Lipinski definition) is 4. The summed E-state index contributed by atoms with van der Waals surface area (Å²) >= 11 is 0. The van der Waals surface area contributed by atoms with Crippen LogP contribution in [0, 0.1) is 0 Å². The summed E-state index contributed by atoms with van der Waals surface area (Å²) in [7, 11) is 0. The van der Waals surface area contributed by atoms with Crippen LogP contribution in [0.2, 0.25) is 0 Å².